The van der Waals surface area contributed by atoms with E-state index in [0.717, 1.165) is 31.7 Å². The number of hydrogen-bond acceptors (Lipinski definition) is 1. The highest BCUT2D eigenvalue weighted by Crippen LogP contribution is 2.59. The lowest BCUT2D eigenvalue weighted by Gasteiger charge is -2.40. The molecule has 122 valence electrons. The van der Waals surface area contributed by atoms with Crippen LogP contribution in [0, 0.1) is 23.7 Å². The van der Waals surface area contributed by atoms with Gasteiger partial charge in [-0.05, 0) is 30.5 Å². The number of likely N-dealkylation sites (tertiary alicyclic amines) is 1. The summed E-state index contributed by atoms with van der Waals surface area (Å²) < 4.78 is 0. The molecule has 0 aromatic heterocycles. The molecule has 2 heterocycles. The third-order valence-electron chi connectivity index (χ3n) is 7.12. The van der Waals surface area contributed by atoms with Gasteiger partial charge in [0.15, 0.2) is 0 Å². The Labute approximate surface area is 146 Å². The first-order chi connectivity index (χ1) is 11.9. The van der Waals surface area contributed by atoms with Crippen LogP contribution in [-0.4, -0.2) is 28.3 Å². The molecule has 1 nitrogen and oxygen atoms in total. The standard InChI is InChI=1S/C22H24NP/c1-2-9-17-14(6-1)15-7-3-10-18(15)23(17)19-11-5-13-21-22(19)16-8-4-12-20(16)24-21/h1-7,9,11-18,20-22,24H,8,10H2. The van der Waals surface area contributed by atoms with E-state index in [0.29, 0.717) is 23.9 Å². The van der Waals surface area contributed by atoms with Crippen molar-refractivity contribution in [1.29, 1.82) is 0 Å². The molecule has 0 saturated carbocycles. The monoisotopic (exact) mass is 333 g/mol. The summed E-state index contributed by atoms with van der Waals surface area (Å²) in [6.45, 7) is 0. The second kappa shape index (κ2) is 5.09. The summed E-state index contributed by atoms with van der Waals surface area (Å²) in [5, 5.41) is 0. The molecule has 9 atom stereocenters. The summed E-state index contributed by atoms with van der Waals surface area (Å²) in [6.07, 6.45) is 29.2. The maximum absolute atomic E-state index is 2.85. The van der Waals surface area contributed by atoms with Crippen LogP contribution in [0.3, 0.4) is 0 Å². The molecule has 2 fully saturated rings. The van der Waals surface area contributed by atoms with E-state index in [-0.39, 0.29) is 0 Å². The molecule has 0 aromatic rings. The fourth-order valence-corrected chi connectivity index (χ4v) is 8.34. The first kappa shape index (κ1) is 13.9. The Kier molecular flexibility index (Phi) is 2.95. The molecule has 2 saturated heterocycles. The maximum Gasteiger partial charge on any atom is 0.0545 e. The van der Waals surface area contributed by atoms with Crippen LogP contribution in [0.4, 0.5) is 0 Å². The van der Waals surface area contributed by atoms with Crippen molar-refractivity contribution in [3.8, 4) is 0 Å². The summed E-state index contributed by atoms with van der Waals surface area (Å²) >= 11 is 0. The first-order valence-corrected chi connectivity index (χ1v) is 10.7. The first-order valence-electron chi connectivity index (χ1n) is 9.53. The molecule has 4 aliphatic carbocycles. The lowest BCUT2D eigenvalue weighted by atomic mass is 9.81. The van der Waals surface area contributed by atoms with Gasteiger partial charge in [0.1, 0.15) is 0 Å². The molecule has 0 aromatic carbocycles. The van der Waals surface area contributed by atoms with E-state index in [2.05, 4.69) is 71.7 Å². The van der Waals surface area contributed by atoms with Gasteiger partial charge >= 0.3 is 0 Å². The van der Waals surface area contributed by atoms with Gasteiger partial charge < -0.3 is 4.90 Å². The molecule has 24 heavy (non-hydrogen) atoms. The molecule has 0 N–H and O–H groups in total. The van der Waals surface area contributed by atoms with Crippen LogP contribution in [0.5, 0.6) is 0 Å². The molecule has 0 bridgehead atoms. The second-order valence-corrected chi connectivity index (χ2v) is 9.77. The average Bonchev–Trinajstić information content (AvgIpc) is 3.34. The molecule has 0 radical (unpaired) electrons. The number of rotatable bonds is 1. The largest absolute Gasteiger partial charge is 0.364 e. The van der Waals surface area contributed by atoms with E-state index in [9.17, 15) is 0 Å². The van der Waals surface area contributed by atoms with Crippen molar-refractivity contribution >= 4 is 8.58 Å². The zero-order valence-corrected chi connectivity index (χ0v) is 14.8. The minimum atomic E-state index is 0.574. The summed E-state index contributed by atoms with van der Waals surface area (Å²) in [4.78, 5) is 2.85. The van der Waals surface area contributed by atoms with E-state index in [1.807, 2.05) is 0 Å². The molecule has 9 unspecified atom stereocenters. The van der Waals surface area contributed by atoms with Crippen molar-refractivity contribution < 1.29 is 0 Å². The Morgan fingerprint density at radius 3 is 2.75 bits per heavy atom. The van der Waals surface area contributed by atoms with Gasteiger partial charge in [-0.3, -0.25) is 0 Å². The highest BCUT2D eigenvalue weighted by Gasteiger charge is 2.53. The van der Waals surface area contributed by atoms with Gasteiger partial charge in [0.05, 0.1) is 6.04 Å². The maximum atomic E-state index is 2.85. The highest BCUT2D eigenvalue weighted by atomic mass is 31.1. The quantitative estimate of drug-likeness (QED) is 0.507. The smallest absolute Gasteiger partial charge is 0.0545 e. The third-order valence-corrected chi connectivity index (χ3v) is 9.06. The number of fused-ring (bicyclic) bond motifs is 6. The van der Waals surface area contributed by atoms with Gasteiger partial charge in [-0.15, -0.1) is 8.58 Å². The molecule has 0 spiro atoms. The van der Waals surface area contributed by atoms with Gasteiger partial charge in [-0.1, -0.05) is 60.8 Å². The van der Waals surface area contributed by atoms with Gasteiger partial charge in [0.25, 0.3) is 0 Å². The van der Waals surface area contributed by atoms with Gasteiger partial charge in [0.2, 0.25) is 0 Å². The zero-order chi connectivity index (χ0) is 15.7. The summed E-state index contributed by atoms with van der Waals surface area (Å²) in [5.74, 6) is 3.00. The summed E-state index contributed by atoms with van der Waals surface area (Å²) in [5.41, 5.74) is 3.31. The third kappa shape index (κ3) is 1.75. The number of nitrogens with zero attached hydrogens (tertiary/aromatic N) is 1. The molecule has 0 amide bonds. The Morgan fingerprint density at radius 1 is 0.833 bits per heavy atom. The molecule has 6 rings (SSSR count). The second-order valence-electron chi connectivity index (χ2n) is 8.10. The van der Waals surface area contributed by atoms with E-state index in [4.69, 9.17) is 0 Å². The van der Waals surface area contributed by atoms with Crippen LogP contribution in [0.25, 0.3) is 0 Å². The van der Waals surface area contributed by atoms with Crippen LogP contribution in [0.1, 0.15) is 12.8 Å². The lowest BCUT2D eigenvalue weighted by Crippen LogP contribution is -2.41. The normalized spacial score (nSPS) is 50.3. The van der Waals surface area contributed by atoms with E-state index in [1.54, 1.807) is 5.70 Å². The number of hydrogen-bond donors (Lipinski definition) is 0. The summed E-state index contributed by atoms with van der Waals surface area (Å²) in [6, 6.07) is 1.26. The van der Waals surface area contributed by atoms with Crippen LogP contribution >= 0.6 is 8.58 Å². The van der Waals surface area contributed by atoms with Gasteiger partial charge in [-0.2, -0.15) is 0 Å². The highest BCUT2D eigenvalue weighted by molar-refractivity contribution is 7.40. The van der Waals surface area contributed by atoms with Crippen molar-refractivity contribution in [1.82, 2.24) is 4.90 Å². The van der Waals surface area contributed by atoms with Crippen molar-refractivity contribution in [2.24, 2.45) is 23.7 Å². The van der Waals surface area contributed by atoms with Crippen LogP contribution in [0.15, 0.2) is 72.5 Å². The fraction of sp³-hybridized carbons (Fsp3) is 0.455. The predicted octanol–water partition coefficient (Wildman–Crippen LogP) is 4.43. The molecule has 2 aliphatic heterocycles. The van der Waals surface area contributed by atoms with Gasteiger partial charge in [0, 0.05) is 35.2 Å². The average molecular weight is 333 g/mol. The Bertz CT molecular complexity index is 739. The Morgan fingerprint density at radius 2 is 1.75 bits per heavy atom. The van der Waals surface area contributed by atoms with E-state index >= 15 is 0 Å². The topological polar surface area (TPSA) is 3.24 Å². The molecule has 2 heteroatoms. The van der Waals surface area contributed by atoms with E-state index in [1.165, 1.54) is 12.8 Å². The van der Waals surface area contributed by atoms with Crippen LogP contribution in [-0.2, 0) is 0 Å². The minimum Gasteiger partial charge on any atom is -0.364 e. The lowest BCUT2D eigenvalue weighted by molar-refractivity contribution is 0.221. The van der Waals surface area contributed by atoms with Crippen LogP contribution in [0.2, 0.25) is 0 Å². The minimum absolute atomic E-state index is 0.574. The van der Waals surface area contributed by atoms with Crippen LogP contribution < -0.4 is 0 Å². The summed E-state index contributed by atoms with van der Waals surface area (Å²) in [7, 11) is 1.09. The van der Waals surface area contributed by atoms with Crippen molar-refractivity contribution in [3.05, 3.63) is 72.5 Å². The zero-order valence-electron chi connectivity index (χ0n) is 13.8. The molecule has 6 aliphatic rings. The number of allylic oxidation sites excluding steroid dienone is 8. The molecular formula is C22H24NP. The predicted molar refractivity (Wildman–Crippen MR) is 102 cm³/mol. The fourth-order valence-electron chi connectivity index (χ4n) is 6.21. The SMILES string of the molecule is C1=CC2PC3C=CCC3C2C(N2C3C=CC=CC3C3C=CCC32)=C1. The van der Waals surface area contributed by atoms with Gasteiger partial charge in [-0.25, -0.2) is 0 Å². The van der Waals surface area contributed by atoms with Crippen molar-refractivity contribution in [3.63, 3.8) is 0 Å². The Hall–Kier alpha value is -1.33. The van der Waals surface area contributed by atoms with Crippen molar-refractivity contribution in [2.75, 3.05) is 0 Å². The van der Waals surface area contributed by atoms with E-state index < -0.39 is 0 Å². The Balaban J connectivity index is 1.42. The van der Waals surface area contributed by atoms with Crippen molar-refractivity contribution in [2.45, 2.75) is 36.2 Å². The molecular weight excluding hydrogens is 309 g/mol.